The maximum atomic E-state index is 11.3. The molecule has 2 aromatic heterocycles. The number of furan rings is 1. The summed E-state index contributed by atoms with van der Waals surface area (Å²) in [7, 11) is 0. The zero-order valence-corrected chi connectivity index (χ0v) is 9.83. The fraction of sp³-hybridized carbons (Fsp3) is 0.273. The molecule has 2 N–H and O–H groups in total. The lowest BCUT2D eigenvalue weighted by atomic mass is 10.3. The fourth-order valence-corrected chi connectivity index (χ4v) is 1.35. The first kappa shape index (κ1) is 12.8. The number of nitrogens with one attached hydrogen (secondary N) is 1. The molecule has 0 aliphatic carbocycles. The van der Waals surface area contributed by atoms with Gasteiger partial charge in [-0.05, 0) is 12.1 Å². The smallest absolute Gasteiger partial charge is 0.322 e. The summed E-state index contributed by atoms with van der Waals surface area (Å²) in [6.07, 6.45) is 1.80. The van der Waals surface area contributed by atoms with E-state index in [0.717, 1.165) is 0 Å². The van der Waals surface area contributed by atoms with Gasteiger partial charge in [0.1, 0.15) is 6.54 Å². The summed E-state index contributed by atoms with van der Waals surface area (Å²) in [5.74, 6) is -0.403. The number of nitrogens with zero attached hydrogens (tertiary/aromatic N) is 2. The molecule has 0 bridgehead atoms. The maximum Gasteiger partial charge on any atom is 0.322 e. The molecule has 0 aliphatic rings. The highest BCUT2D eigenvalue weighted by Gasteiger charge is 2.12. The van der Waals surface area contributed by atoms with E-state index in [9.17, 15) is 9.59 Å². The molecule has 0 saturated heterocycles. The van der Waals surface area contributed by atoms with E-state index in [0.29, 0.717) is 11.6 Å². The van der Waals surface area contributed by atoms with Crippen LogP contribution in [-0.4, -0.2) is 33.7 Å². The predicted molar refractivity (Wildman–Crippen MR) is 61.0 cm³/mol. The molecular formula is C11H11N3O5. The minimum absolute atomic E-state index is 0.0765. The van der Waals surface area contributed by atoms with Crippen molar-refractivity contribution < 1.29 is 23.6 Å². The molecule has 19 heavy (non-hydrogen) atoms. The van der Waals surface area contributed by atoms with Crippen LogP contribution in [0.4, 0.5) is 0 Å². The van der Waals surface area contributed by atoms with E-state index in [2.05, 4.69) is 15.5 Å². The Labute approximate surface area is 107 Å². The molecule has 0 unspecified atom stereocenters. The van der Waals surface area contributed by atoms with Crippen molar-refractivity contribution in [1.29, 1.82) is 0 Å². The Morgan fingerprint density at radius 3 is 2.95 bits per heavy atom. The van der Waals surface area contributed by atoms with Crippen LogP contribution in [0.25, 0.3) is 11.6 Å². The topological polar surface area (TPSA) is 118 Å². The molecule has 1 amide bonds. The predicted octanol–water partition coefficient (Wildman–Crippen LogP) is 0.463. The van der Waals surface area contributed by atoms with E-state index in [4.69, 9.17) is 14.0 Å². The summed E-state index contributed by atoms with van der Waals surface area (Å²) >= 11 is 0. The number of aliphatic carboxylic acids is 1. The molecule has 2 aromatic rings. The quantitative estimate of drug-likeness (QED) is 0.778. The second kappa shape index (κ2) is 5.80. The Hall–Kier alpha value is -2.64. The molecule has 0 atom stereocenters. The van der Waals surface area contributed by atoms with Gasteiger partial charge in [-0.3, -0.25) is 9.59 Å². The number of carboxylic acid groups (broad SMARTS) is 1. The molecule has 0 spiro atoms. The second-order valence-electron chi connectivity index (χ2n) is 3.66. The highest BCUT2D eigenvalue weighted by atomic mass is 16.5. The highest BCUT2D eigenvalue weighted by molar-refractivity contribution is 5.81. The number of amides is 1. The van der Waals surface area contributed by atoms with Crippen molar-refractivity contribution in [3.8, 4) is 11.6 Å². The molecule has 8 heteroatoms. The Kier molecular flexibility index (Phi) is 3.91. The van der Waals surface area contributed by atoms with Crippen LogP contribution >= 0.6 is 0 Å². The molecule has 0 aromatic carbocycles. The zero-order chi connectivity index (χ0) is 13.7. The van der Waals surface area contributed by atoms with E-state index in [-0.39, 0.29) is 24.6 Å². The number of carbonyl (C=O) groups is 2. The van der Waals surface area contributed by atoms with Gasteiger partial charge in [-0.15, -0.1) is 0 Å². The summed E-state index contributed by atoms with van der Waals surface area (Å²) in [4.78, 5) is 25.6. The molecular weight excluding hydrogens is 254 g/mol. The van der Waals surface area contributed by atoms with Crippen LogP contribution in [0.5, 0.6) is 0 Å². The van der Waals surface area contributed by atoms with Gasteiger partial charge in [0, 0.05) is 12.8 Å². The first-order valence-corrected chi connectivity index (χ1v) is 5.50. The van der Waals surface area contributed by atoms with Gasteiger partial charge in [0.25, 0.3) is 0 Å². The van der Waals surface area contributed by atoms with E-state index in [1.165, 1.54) is 6.26 Å². The van der Waals surface area contributed by atoms with Crippen molar-refractivity contribution >= 4 is 11.9 Å². The van der Waals surface area contributed by atoms with E-state index in [1.807, 2.05) is 0 Å². The third-order valence-corrected chi connectivity index (χ3v) is 2.21. The third kappa shape index (κ3) is 3.66. The van der Waals surface area contributed by atoms with Crippen molar-refractivity contribution in [3.05, 3.63) is 24.3 Å². The van der Waals surface area contributed by atoms with E-state index < -0.39 is 12.5 Å². The SMILES string of the molecule is O=C(O)CNC(=O)CCc1nc(-c2ccco2)no1. The van der Waals surface area contributed by atoms with Gasteiger partial charge in [-0.1, -0.05) is 5.16 Å². The van der Waals surface area contributed by atoms with Gasteiger partial charge in [0.15, 0.2) is 5.76 Å². The number of rotatable bonds is 6. The van der Waals surface area contributed by atoms with Crippen molar-refractivity contribution in [2.45, 2.75) is 12.8 Å². The normalized spacial score (nSPS) is 10.3. The number of aryl methyl sites for hydroxylation is 1. The molecule has 0 radical (unpaired) electrons. The van der Waals surface area contributed by atoms with Crippen LogP contribution in [0.15, 0.2) is 27.3 Å². The van der Waals surface area contributed by atoms with Gasteiger partial charge in [0.05, 0.1) is 6.26 Å². The Balaban J connectivity index is 1.84. The number of aromatic nitrogens is 2. The van der Waals surface area contributed by atoms with Gasteiger partial charge in [-0.25, -0.2) is 0 Å². The summed E-state index contributed by atoms with van der Waals surface area (Å²) in [5.41, 5.74) is 0. The average Bonchev–Trinajstić information content (AvgIpc) is 3.03. The van der Waals surface area contributed by atoms with Gasteiger partial charge in [0.2, 0.25) is 17.6 Å². The number of carbonyl (C=O) groups excluding carboxylic acids is 1. The van der Waals surface area contributed by atoms with Crippen molar-refractivity contribution in [3.63, 3.8) is 0 Å². The standard InChI is InChI=1S/C11H11N3O5/c15-8(12-6-10(16)17)3-4-9-13-11(14-19-9)7-2-1-5-18-7/h1-2,5H,3-4,6H2,(H,12,15)(H,16,17). The third-order valence-electron chi connectivity index (χ3n) is 2.21. The summed E-state index contributed by atoms with van der Waals surface area (Å²) in [6, 6.07) is 3.39. The summed E-state index contributed by atoms with van der Waals surface area (Å²) in [6.45, 7) is -0.402. The van der Waals surface area contributed by atoms with Crippen molar-refractivity contribution in [2.75, 3.05) is 6.54 Å². The maximum absolute atomic E-state index is 11.3. The van der Waals surface area contributed by atoms with Crippen LogP contribution in [0.2, 0.25) is 0 Å². The highest BCUT2D eigenvalue weighted by Crippen LogP contribution is 2.16. The Morgan fingerprint density at radius 1 is 1.42 bits per heavy atom. The first-order valence-electron chi connectivity index (χ1n) is 5.50. The fourth-order valence-electron chi connectivity index (χ4n) is 1.35. The van der Waals surface area contributed by atoms with Crippen LogP contribution in [-0.2, 0) is 16.0 Å². The zero-order valence-electron chi connectivity index (χ0n) is 9.83. The van der Waals surface area contributed by atoms with Crippen LogP contribution in [0, 0.1) is 0 Å². The minimum Gasteiger partial charge on any atom is -0.480 e. The van der Waals surface area contributed by atoms with Crippen molar-refractivity contribution in [1.82, 2.24) is 15.5 Å². The Bertz CT molecular complexity index is 561. The van der Waals surface area contributed by atoms with E-state index >= 15 is 0 Å². The molecule has 0 fully saturated rings. The first-order chi connectivity index (χ1) is 9.15. The number of hydrogen-bond acceptors (Lipinski definition) is 6. The largest absolute Gasteiger partial charge is 0.480 e. The lowest BCUT2D eigenvalue weighted by Gasteiger charge is -1.99. The lowest BCUT2D eigenvalue weighted by Crippen LogP contribution is -2.29. The van der Waals surface area contributed by atoms with Crippen molar-refractivity contribution in [2.24, 2.45) is 0 Å². The van der Waals surface area contributed by atoms with Crippen LogP contribution in [0.3, 0.4) is 0 Å². The van der Waals surface area contributed by atoms with Gasteiger partial charge in [-0.2, -0.15) is 4.98 Å². The summed E-state index contributed by atoms with van der Waals surface area (Å²) in [5, 5.41) is 14.3. The van der Waals surface area contributed by atoms with Crippen LogP contribution < -0.4 is 5.32 Å². The lowest BCUT2D eigenvalue weighted by molar-refractivity contribution is -0.137. The molecule has 100 valence electrons. The Morgan fingerprint density at radius 2 is 2.26 bits per heavy atom. The molecule has 2 heterocycles. The second-order valence-corrected chi connectivity index (χ2v) is 3.66. The molecule has 0 saturated carbocycles. The molecule has 2 rings (SSSR count). The minimum atomic E-state index is -1.09. The average molecular weight is 265 g/mol. The van der Waals surface area contributed by atoms with Gasteiger partial charge >= 0.3 is 5.97 Å². The molecule has 8 nitrogen and oxygen atoms in total. The van der Waals surface area contributed by atoms with Crippen LogP contribution in [0.1, 0.15) is 12.3 Å². The molecule has 0 aliphatic heterocycles. The van der Waals surface area contributed by atoms with Gasteiger partial charge < -0.3 is 19.4 Å². The monoisotopic (exact) mass is 265 g/mol. The number of hydrogen-bond donors (Lipinski definition) is 2. The van der Waals surface area contributed by atoms with E-state index in [1.54, 1.807) is 12.1 Å². The number of carboxylic acids is 1. The summed E-state index contributed by atoms with van der Waals surface area (Å²) < 4.78 is 10.0.